The Morgan fingerprint density at radius 2 is 1.50 bits per heavy atom. The maximum Gasteiger partial charge on any atom is 0.424 e. The van der Waals surface area contributed by atoms with Crippen molar-refractivity contribution in [1.82, 2.24) is 40.8 Å². The van der Waals surface area contributed by atoms with Gasteiger partial charge in [-0.1, -0.05) is 123 Å². The molecule has 0 spiro atoms. The molecule has 0 radical (unpaired) electrons. The summed E-state index contributed by atoms with van der Waals surface area (Å²) >= 11 is 6.87. The highest BCUT2D eigenvalue weighted by Gasteiger charge is 2.63. The van der Waals surface area contributed by atoms with Crippen molar-refractivity contribution in [2.45, 2.75) is 178 Å². The molecule has 26 nitrogen and oxygen atoms in total. The van der Waals surface area contributed by atoms with Crippen molar-refractivity contribution >= 4 is 84.2 Å². The predicted molar refractivity (Wildman–Crippen MR) is 394 cm³/mol. The third-order valence-corrected chi connectivity index (χ3v) is 25.7. The van der Waals surface area contributed by atoms with Crippen LogP contribution in [0.1, 0.15) is 109 Å². The number of esters is 1. The molecule has 1 aliphatic carbocycles. The number of carbonyl (C=O) groups excluding carboxylic acids is 8. The number of likely N-dealkylation sites (N-methyl/N-ethyl adjacent to an activating group) is 1. The second kappa shape index (κ2) is 32.8. The first-order valence-corrected chi connectivity index (χ1v) is 38.2. The zero-order valence-corrected chi connectivity index (χ0v) is 63.8. The zero-order valence-electron chi connectivity index (χ0n) is 62.1. The molecule has 2 saturated heterocycles. The van der Waals surface area contributed by atoms with Gasteiger partial charge in [-0.05, 0) is 110 Å². The normalized spacial score (nSPS) is 22.9. The van der Waals surface area contributed by atoms with Crippen molar-refractivity contribution in [2.24, 2.45) is 0 Å². The molecule has 10 rings (SSSR count). The quantitative estimate of drug-likeness (QED) is 0.0111. The number of methoxy groups -OCH3 is 2. The number of aliphatic hydroxyl groups excluding tert-OH is 1. The molecule has 9 atom stereocenters. The Balaban J connectivity index is 0.787. The van der Waals surface area contributed by atoms with E-state index in [1.165, 1.54) is 45.1 Å². The van der Waals surface area contributed by atoms with Crippen molar-refractivity contribution < 1.29 is 81.4 Å². The lowest BCUT2D eigenvalue weighted by atomic mass is 9.72. The first-order chi connectivity index (χ1) is 49.0. The Hall–Kier alpha value is -8.67. The van der Waals surface area contributed by atoms with Gasteiger partial charge >= 0.3 is 18.2 Å². The highest BCUT2D eigenvalue weighted by atomic mass is 35.5. The molecule has 2 unspecified atom stereocenters. The lowest BCUT2D eigenvalue weighted by molar-refractivity contribution is -0.328. The van der Waals surface area contributed by atoms with E-state index in [-0.39, 0.29) is 75.3 Å². The molecule has 28 heteroatoms. The number of halogens is 1. The zero-order chi connectivity index (χ0) is 76.0. The molecule has 2 fully saturated rings. The van der Waals surface area contributed by atoms with Gasteiger partial charge in [0, 0.05) is 104 Å². The molecule has 5 aliphatic rings. The van der Waals surface area contributed by atoms with Gasteiger partial charge in [0.15, 0.2) is 26.3 Å². The summed E-state index contributed by atoms with van der Waals surface area (Å²) < 4.78 is 44.2. The predicted octanol–water partition coefficient (Wildman–Crippen LogP) is 8.42. The number of aryl methyl sites for hydroxylation is 1. The molecule has 6 N–H and O–H groups in total. The lowest BCUT2D eigenvalue weighted by Crippen LogP contribution is -2.72. The van der Waals surface area contributed by atoms with Crippen molar-refractivity contribution in [2.75, 3.05) is 73.6 Å². The monoisotopic (exact) mass is 1470 g/mol. The second-order valence-corrected chi connectivity index (χ2v) is 34.5. The second-order valence-electron chi connectivity index (χ2n) is 29.3. The molecule has 6 bridgehead atoms. The summed E-state index contributed by atoms with van der Waals surface area (Å²) in [6.45, 7) is 16.4. The molecule has 5 aromatic rings. The molecule has 0 saturated carbocycles. The first-order valence-electron chi connectivity index (χ1n) is 34.9. The lowest BCUT2D eigenvalue weighted by Gasteiger charge is -2.59. The van der Waals surface area contributed by atoms with Crippen LogP contribution in [0, 0.1) is 0 Å². The Labute approximate surface area is 613 Å². The molecular weight excluding hydrogens is 1370 g/mol. The number of hydrazine groups is 1. The Morgan fingerprint density at radius 3 is 2.15 bits per heavy atom. The van der Waals surface area contributed by atoms with Gasteiger partial charge in [-0.3, -0.25) is 29.3 Å². The van der Waals surface area contributed by atoms with Crippen molar-refractivity contribution in [3.63, 3.8) is 0 Å². The van der Waals surface area contributed by atoms with E-state index < -0.39 is 115 Å². The number of benzene rings is 4. The third-order valence-electron chi connectivity index (χ3n) is 20.8. The number of nitrogens with zero attached hydrogens (tertiary/aromatic N) is 5. The summed E-state index contributed by atoms with van der Waals surface area (Å²) in [7, 11) is 6.28. The fourth-order valence-electron chi connectivity index (χ4n) is 13.6. The van der Waals surface area contributed by atoms with Crippen molar-refractivity contribution in [3.05, 3.63) is 142 Å². The summed E-state index contributed by atoms with van der Waals surface area (Å²) in [5.41, 5.74) is 3.48. The number of allylic oxidation sites excluding steroid dienone is 3. The molecule has 4 aliphatic heterocycles. The molecule has 4 aromatic carbocycles. The minimum absolute atomic E-state index is 0.00729. The topological polar surface area (TPSA) is 308 Å². The van der Waals surface area contributed by atoms with E-state index in [1.54, 1.807) is 57.2 Å². The van der Waals surface area contributed by atoms with Crippen LogP contribution in [-0.2, 0) is 76.4 Å². The first kappa shape index (κ1) is 79.4. The maximum absolute atomic E-state index is 14.5. The maximum atomic E-state index is 14.5. The van der Waals surface area contributed by atoms with Gasteiger partial charge in [0.1, 0.15) is 52.9 Å². The number of hydrogen-bond acceptors (Lipinski definition) is 18. The summed E-state index contributed by atoms with van der Waals surface area (Å²) in [4.78, 5) is 113. The van der Waals surface area contributed by atoms with Gasteiger partial charge in [-0.25, -0.2) is 24.4 Å². The number of aliphatic hydroxyl groups is 2. The van der Waals surface area contributed by atoms with Crippen LogP contribution in [0.25, 0.3) is 22.0 Å². The van der Waals surface area contributed by atoms with Crippen LogP contribution < -0.4 is 30.9 Å². The van der Waals surface area contributed by atoms with Crippen molar-refractivity contribution in [3.8, 4) is 16.9 Å². The number of anilines is 1. The van der Waals surface area contributed by atoms with Gasteiger partial charge in [0.2, 0.25) is 17.7 Å². The van der Waals surface area contributed by atoms with E-state index in [1.807, 2.05) is 106 Å². The van der Waals surface area contributed by atoms with Gasteiger partial charge < -0.3 is 73.4 Å². The van der Waals surface area contributed by atoms with Crippen LogP contribution >= 0.6 is 11.6 Å². The van der Waals surface area contributed by atoms with Crippen LogP contribution in [-0.4, -0.2) is 208 Å². The number of amides is 7. The smallest absolute Gasteiger partial charge is 0.424 e. The van der Waals surface area contributed by atoms with Crippen LogP contribution in [0.15, 0.2) is 115 Å². The van der Waals surface area contributed by atoms with Crippen LogP contribution in [0.4, 0.5) is 15.3 Å². The fourth-order valence-corrected chi connectivity index (χ4v) is 15.1. The average Bonchev–Trinajstić information content (AvgIpc) is 0.977. The van der Waals surface area contributed by atoms with E-state index in [2.05, 4.69) is 45.5 Å². The fraction of sp³-hybridized carbons (Fsp3) is 0.500. The van der Waals surface area contributed by atoms with E-state index in [0.29, 0.717) is 24.4 Å². The van der Waals surface area contributed by atoms with E-state index in [4.69, 9.17) is 44.4 Å². The number of nitrogens with one attached hydrogen (secondary N) is 4. The number of ether oxygens (including phenoxy) is 6. The summed E-state index contributed by atoms with van der Waals surface area (Å²) in [5, 5.41) is 38.0. The minimum atomic E-state index is -2.88. The van der Waals surface area contributed by atoms with Gasteiger partial charge in [-0.2, -0.15) is 0 Å². The largest absolute Gasteiger partial charge is 0.495 e. The van der Waals surface area contributed by atoms with E-state index in [9.17, 15) is 48.6 Å². The standard InChI is InChI=1S/C76H100ClN9O17Si/c1-46-23-22-30-59(98-13)76(96)42-61(101-71(94)81-76)75(7)45-74(6,103-75)60(41-64(89)84(10)57-38-48(37-46)39-58(97-12)65(57)77)100-70(93)47(2)83(9)63(88)31-33-79-68(91)66(90)67(102-104(14,15)73(3,4)5)69(92)80-35-34-78-62(87)32-36-86-50(40-49-24-16-21-29-56(49)86)43-82(8)85(11)72(95)99-44-55-53-27-19-17-25-51(53)52-26-18-20-28-54(52)55/h16-30,38-40,47,55,59-61,66-67,90,96H,31-37,41-45H2,1-15H3,(H,78,87)(H,79,91)(H,80,92)(H,81,94)/b30-22+,46-23+/t47-,59+,60-,61-,66-,67?,74+,75?,76-/m0/s1. The summed E-state index contributed by atoms with van der Waals surface area (Å²) in [6.07, 6.45) is -4.01. The molecule has 7 amide bonds. The molecule has 562 valence electrons. The average molecular weight is 1480 g/mol. The number of rotatable bonds is 24. The Morgan fingerprint density at radius 1 is 0.865 bits per heavy atom. The number of aromatic nitrogens is 1. The van der Waals surface area contributed by atoms with E-state index in [0.717, 1.165) is 54.9 Å². The molecular formula is C76H100ClN9O17Si. The SMILES string of the molecule is COc1cc2cc(c1Cl)N(C)C(=O)C[C@H](OC(=O)[C@H](C)N(C)C(=O)CCNC(=O)[C@@H](O)C(O[Si](C)(C)C(C)(C)C)C(=O)NCCNC(=O)CCn1c(CN(C)N(C)C(=O)OCC3c4ccccc4-c4ccccc43)cc3ccccc31)[C@@]1(C)CC(C)(O1)[C@@H]1C[C@@](O)(NC(=O)O1)[C@H](OC)/C=C/C=C(\C)C2. The van der Waals surface area contributed by atoms with Crippen LogP contribution in [0.5, 0.6) is 5.75 Å². The molecule has 1 aromatic heterocycles. The number of para-hydroxylation sites is 1. The van der Waals surface area contributed by atoms with Crippen molar-refractivity contribution in [1.29, 1.82) is 0 Å². The number of carbonyl (C=O) groups is 8. The van der Waals surface area contributed by atoms with Gasteiger partial charge in [0.05, 0.1) is 25.8 Å². The number of alkyl carbamates (subject to hydrolysis) is 1. The Bertz CT molecular complexity index is 4050. The number of fused-ring (bicyclic) bond motifs is 10. The van der Waals surface area contributed by atoms with E-state index >= 15 is 0 Å². The highest BCUT2D eigenvalue weighted by molar-refractivity contribution is 6.74. The summed E-state index contributed by atoms with van der Waals surface area (Å²) in [5.74, 6) is -4.03. The summed E-state index contributed by atoms with van der Waals surface area (Å²) in [6, 6.07) is 28.3. The minimum Gasteiger partial charge on any atom is -0.495 e. The Kier molecular flexibility index (Phi) is 25.0. The van der Waals surface area contributed by atoms with Gasteiger partial charge in [-0.15, -0.1) is 0 Å². The van der Waals surface area contributed by atoms with Crippen LogP contribution in [0.2, 0.25) is 23.2 Å². The molecule has 104 heavy (non-hydrogen) atoms. The third kappa shape index (κ3) is 17.8. The van der Waals surface area contributed by atoms with Crippen LogP contribution in [0.3, 0.4) is 0 Å². The molecule has 5 heterocycles. The number of hydrogen-bond donors (Lipinski definition) is 6. The highest BCUT2D eigenvalue weighted by Crippen LogP contribution is 2.51. The van der Waals surface area contributed by atoms with Gasteiger partial charge in [0.25, 0.3) is 11.8 Å².